The second-order valence-corrected chi connectivity index (χ2v) is 4.58. The lowest BCUT2D eigenvalue weighted by Crippen LogP contribution is -2.35. The first kappa shape index (κ1) is 13.1. The Morgan fingerprint density at radius 1 is 1.32 bits per heavy atom. The highest BCUT2D eigenvalue weighted by atomic mass is 16.6. The van der Waals surface area contributed by atoms with E-state index >= 15 is 0 Å². The maximum atomic E-state index is 11.1. The van der Waals surface area contributed by atoms with Crippen molar-refractivity contribution in [3.63, 3.8) is 0 Å². The fraction of sp³-hybridized carbons (Fsp3) is 0.308. The van der Waals surface area contributed by atoms with E-state index in [-0.39, 0.29) is 18.1 Å². The number of aryl methyl sites for hydroxylation is 1. The molecule has 19 heavy (non-hydrogen) atoms. The van der Waals surface area contributed by atoms with Gasteiger partial charge in [0.1, 0.15) is 6.61 Å². The van der Waals surface area contributed by atoms with Gasteiger partial charge in [-0.3, -0.25) is 0 Å². The maximum absolute atomic E-state index is 11.1. The van der Waals surface area contributed by atoms with E-state index in [9.17, 15) is 20.1 Å². The molecule has 0 bridgehead atoms. The molecule has 0 spiro atoms. The molecule has 2 rings (SSSR count). The molecule has 1 aliphatic heterocycles. The molecule has 0 saturated carbocycles. The van der Waals surface area contributed by atoms with Crippen LogP contribution in [0.2, 0.25) is 0 Å². The van der Waals surface area contributed by atoms with Gasteiger partial charge in [-0.2, -0.15) is 0 Å². The molecule has 102 valence electrons. The van der Waals surface area contributed by atoms with Crippen LogP contribution in [0.25, 0.3) is 0 Å². The normalized spacial score (nSPS) is 22.5. The number of aromatic hydroxyl groups is 1. The molecule has 0 aliphatic carbocycles. The molecule has 1 aromatic carbocycles. The van der Waals surface area contributed by atoms with E-state index in [1.165, 1.54) is 13.0 Å². The van der Waals surface area contributed by atoms with Crippen molar-refractivity contribution in [1.82, 2.24) is 0 Å². The number of aliphatic hydroxyl groups is 2. The molecule has 1 atom stereocenters. The number of benzene rings is 1. The molecular formula is C13H14O6. The zero-order valence-corrected chi connectivity index (χ0v) is 10.5. The van der Waals surface area contributed by atoms with Crippen LogP contribution in [-0.4, -0.2) is 33.5 Å². The van der Waals surface area contributed by atoms with Crippen molar-refractivity contribution >= 4 is 5.97 Å². The number of rotatable bonds is 3. The van der Waals surface area contributed by atoms with Crippen LogP contribution in [0.3, 0.4) is 0 Å². The Morgan fingerprint density at radius 3 is 2.53 bits per heavy atom. The monoisotopic (exact) mass is 266 g/mol. The molecule has 1 heterocycles. The van der Waals surface area contributed by atoms with Crippen LogP contribution < -0.4 is 4.74 Å². The Kier molecular flexibility index (Phi) is 3.01. The minimum Gasteiger partial charge on any atom is -0.505 e. The summed E-state index contributed by atoms with van der Waals surface area (Å²) in [6.45, 7) is 2.98. The third-order valence-electron chi connectivity index (χ3n) is 2.85. The first-order valence-electron chi connectivity index (χ1n) is 5.62. The lowest BCUT2D eigenvalue weighted by Gasteiger charge is -2.23. The Labute approximate surface area is 109 Å². The molecule has 0 aromatic heterocycles. The summed E-state index contributed by atoms with van der Waals surface area (Å²) in [4.78, 5) is 11.1. The fourth-order valence-electron chi connectivity index (χ4n) is 1.71. The van der Waals surface area contributed by atoms with Crippen LogP contribution >= 0.6 is 0 Å². The Hall–Kier alpha value is -2.37. The topological polar surface area (TPSA) is 96.2 Å². The standard InChI is InChI=1S/C13H14O6/c1-7-3-4-9(8(14)5-7)18-6-13(2)11(16)10(15)12(17)19-13/h3-5,14-16H,6H2,1-2H3. The van der Waals surface area contributed by atoms with Gasteiger partial charge in [-0.25, -0.2) is 4.79 Å². The number of hydrogen-bond donors (Lipinski definition) is 3. The predicted molar refractivity (Wildman–Crippen MR) is 65.1 cm³/mol. The van der Waals surface area contributed by atoms with Crippen molar-refractivity contribution in [3.05, 3.63) is 35.3 Å². The highest BCUT2D eigenvalue weighted by molar-refractivity contribution is 5.89. The first-order valence-corrected chi connectivity index (χ1v) is 5.62. The number of phenolic OH excluding ortho intramolecular Hbond substituents is 1. The largest absolute Gasteiger partial charge is 0.505 e. The van der Waals surface area contributed by atoms with E-state index in [0.717, 1.165) is 5.56 Å². The zero-order valence-electron chi connectivity index (χ0n) is 10.5. The average Bonchev–Trinajstić information content (AvgIpc) is 2.53. The number of aliphatic hydroxyl groups excluding tert-OH is 2. The fourth-order valence-corrected chi connectivity index (χ4v) is 1.71. The van der Waals surface area contributed by atoms with Crippen molar-refractivity contribution < 1.29 is 29.6 Å². The van der Waals surface area contributed by atoms with Crippen molar-refractivity contribution in [3.8, 4) is 11.5 Å². The van der Waals surface area contributed by atoms with Crippen LogP contribution in [0.1, 0.15) is 12.5 Å². The highest BCUT2D eigenvalue weighted by Crippen LogP contribution is 2.32. The highest BCUT2D eigenvalue weighted by Gasteiger charge is 2.46. The average molecular weight is 266 g/mol. The van der Waals surface area contributed by atoms with Gasteiger partial charge in [0.05, 0.1) is 0 Å². The Morgan fingerprint density at radius 2 is 2.00 bits per heavy atom. The van der Waals surface area contributed by atoms with E-state index in [1.807, 2.05) is 6.92 Å². The van der Waals surface area contributed by atoms with E-state index < -0.39 is 23.1 Å². The summed E-state index contributed by atoms with van der Waals surface area (Å²) in [5.41, 5.74) is -0.595. The molecule has 0 radical (unpaired) electrons. The van der Waals surface area contributed by atoms with Crippen molar-refractivity contribution in [2.75, 3.05) is 6.61 Å². The van der Waals surface area contributed by atoms with Gasteiger partial charge >= 0.3 is 5.97 Å². The van der Waals surface area contributed by atoms with Gasteiger partial charge < -0.3 is 24.8 Å². The second kappa shape index (κ2) is 4.38. The van der Waals surface area contributed by atoms with Crippen LogP contribution in [0.5, 0.6) is 11.5 Å². The molecule has 6 nitrogen and oxygen atoms in total. The number of carbonyl (C=O) groups excluding carboxylic acids is 1. The lowest BCUT2D eigenvalue weighted by atomic mass is 10.1. The van der Waals surface area contributed by atoms with E-state index in [2.05, 4.69) is 0 Å². The molecule has 0 saturated heterocycles. The number of phenols is 1. The third-order valence-corrected chi connectivity index (χ3v) is 2.85. The van der Waals surface area contributed by atoms with Crippen LogP contribution in [0.4, 0.5) is 0 Å². The van der Waals surface area contributed by atoms with Gasteiger partial charge in [0, 0.05) is 0 Å². The molecular weight excluding hydrogens is 252 g/mol. The Bertz CT molecular complexity index is 562. The number of carbonyl (C=O) groups is 1. The lowest BCUT2D eigenvalue weighted by molar-refractivity contribution is -0.151. The quantitative estimate of drug-likeness (QED) is 0.721. The summed E-state index contributed by atoms with van der Waals surface area (Å²) in [6.07, 6.45) is 0. The van der Waals surface area contributed by atoms with Crippen molar-refractivity contribution in [2.45, 2.75) is 19.4 Å². The molecule has 1 aliphatic rings. The molecule has 3 N–H and O–H groups in total. The van der Waals surface area contributed by atoms with Crippen molar-refractivity contribution in [2.24, 2.45) is 0 Å². The number of cyclic esters (lactones) is 1. The van der Waals surface area contributed by atoms with Gasteiger partial charge in [0.25, 0.3) is 0 Å². The van der Waals surface area contributed by atoms with Gasteiger partial charge in [0.15, 0.2) is 17.3 Å². The van der Waals surface area contributed by atoms with Gasteiger partial charge in [0.2, 0.25) is 11.4 Å². The van der Waals surface area contributed by atoms with Crippen molar-refractivity contribution in [1.29, 1.82) is 0 Å². The third kappa shape index (κ3) is 2.29. The van der Waals surface area contributed by atoms with E-state index in [0.29, 0.717) is 0 Å². The number of hydrogen-bond acceptors (Lipinski definition) is 6. The minimum atomic E-state index is -1.46. The predicted octanol–water partition coefficient (Wildman–Crippen LogP) is 1.72. The van der Waals surface area contributed by atoms with Gasteiger partial charge in [-0.15, -0.1) is 0 Å². The van der Waals surface area contributed by atoms with E-state index in [4.69, 9.17) is 9.47 Å². The van der Waals surface area contributed by atoms with Gasteiger partial charge in [-0.1, -0.05) is 6.07 Å². The number of ether oxygens (including phenoxy) is 2. The summed E-state index contributed by atoms with van der Waals surface area (Å²) < 4.78 is 10.2. The first-order chi connectivity index (χ1) is 8.83. The van der Waals surface area contributed by atoms with Crippen LogP contribution in [0.15, 0.2) is 29.7 Å². The summed E-state index contributed by atoms with van der Waals surface area (Å²) >= 11 is 0. The van der Waals surface area contributed by atoms with Gasteiger partial charge in [-0.05, 0) is 31.5 Å². The smallest absolute Gasteiger partial charge is 0.378 e. The number of esters is 1. The summed E-state index contributed by atoms with van der Waals surface area (Å²) in [7, 11) is 0. The zero-order chi connectivity index (χ0) is 14.2. The summed E-state index contributed by atoms with van der Waals surface area (Å²) in [5.74, 6) is -2.26. The molecule has 1 unspecified atom stereocenters. The summed E-state index contributed by atoms with van der Waals surface area (Å²) in [5, 5.41) is 28.5. The second-order valence-electron chi connectivity index (χ2n) is 4.58. The molecule has 0 amide bonds. The summed E-state index contributed by atoms with van der Waals surface area (Å²) in [6, 6.07) is 4.82. The van der Waals surface area contributed by atoms with Crippen LogP contribution in [0, 0.1) is 6.92 Å². The SMILES string of the molecule is Cc1ccc(OCC2(C)OC(=O)C(O)=C2O)c(O)c1. The molecule has 0 fully saturated rings. The Balaban J connectivity index is 2.13. The molecule has 1 aromatic rings. The van der Waals surface area contributed by atoms with Crippen LogP contribution in [-0.2, 0) is 9.53 Å². The van der Waals surface area contributed by atoms with E-state index in [1.54, 1.807) is 12.1 Å². The minimum absolute atomic E-state index is 0.0550. The maximum Gasteiger partial charge on any atom is 0.378 e. The molecule has 6 heteroatoms.